The molecule has 0 atom stereocenters. The lowest BCUT2D eigenvalue weighted by Gasteiger charge is -2.12. The fourth-order valence-electron chi connectivity index (χ4n) is 2.77. The summed E-state index contributed by atoms with van der Waals surface area (Å²) < 4.78 is 10.9. The summed E-state index contributed by atoms with van der Waals surface area (Å²) in [6.45, 7) is 9.91. The lowest BCUT2D eigenvalue weighted by atomic mass is 9.93. The Morgan fingerprint density at radius 3 is 2.27 bits per heavy atom. The summed E-state index contributed by atoms with van der Waals surface area (Å²) in [7, 11) is 0. The van der Waals surface area contributed by atoms with Crippen LogP contribution < -0.4 is 15.4 Å². The van der Waals surface area contributed by atoms with Crippen LogP contribution in [0.25, 0.3) is 11.1 Å². The second-order valence-corrected chi connectivity index (χ2v) is 8.33. The SMILES string of the molecule is CC(C)Oc1ccc(-c2ccc(NC(=O)Nc3cc(C(C)(C)C)on3)c(O)c2)cc1. The van der Waals surface area contributed by atoms with E-state index in [1.807, 2.05) is 65.0 Å². The summed E-state index contributed by atoms with van der Waals surface area (Å²) in [6.07, 6.45) is 0.105. The number of ether oxygens (including phenoxy) is 1. The Bertz CT molecular complexity index is 1020. The van der Waals surface area contributed by atoms with Gasteiger partial charge in [-0.25, -0.2) is 4.79 Å². The Morgan fingerprint density at radius 2 is 1.70 bits per heavy atom. The Morgan fingerprint density at radius 1 is 1.03 bits per heavy atom. The predicted molar refractivity (Wildman–Crippen MR) is 117 cm³/mol. The number of carbonyl (C=O) groups is 1. The molecule has 0 unspecified atom stereocenters. The molecule has 0 saturated carbocycles. The number of anilines is 2. The standard InChI is InChI=1S/C23H27N3O4/c1-14(2)29-17-9-6-15(7-10-17)16-8-11-18(19(27)12-16)24-22(28)25-21-13-20(30-26-21)23(3,4)5/h6-14,27H,1-5H3,(H2,24,25,26,28). The second-order valence-electron chi connectivity index (χ2n) is 8.33. The van der Waals surface area contributed by atoms with Gasteiger partial charge in [-0.15, -0.1) is 0 Å². The van der Waals surface area contributed by atoms with Crippen LogP contribution in [0.3, 0.4) is 0 Å². The number of benzene rings is 2. The van der Waals surface area contributed by atoms with Gasteiger partial charge in [0, 0.05) is 11.5 Å². The summed E-state index contributed by atoms with van der Waals surface area (Å²) in [5, 5.41) is 19.4. The molecule has 0 aliphatic heterocycles. The lowest BCUT2D eigenvalue weighted by Crippen LogP contribution is -2.19. The van der Waals surface area contributed by atoms with E-state index in [1.54, 1.807) is 18.2 Å². The van der Waals surface area contributed by atoms with Gasteiger partial charge in [0.2, 0.25) is 0 Å². The molecule has 0 saturated heterocycles. The lowest BCUT2D eigenvalue weighted by molar-refractivity contribution is 0.242. The molecule has 1 aromatic heterocycles. The van der Waals surface area contributed by atoms with E-state index in [2.05, 4.69) is 15.8 Å². The van der Waals surface area contributed by atoms with Crippen LogP contribution in [0.4, 0.5) is 16.3 Å². The fourth-order valence-corrected chi connectivity index (χ4v) is 2.77. The summed E-state index contributed by atoms with van der Waals surface area (Å²) in [6, 6.07) is 13.8. The quantitative estimate of drug-likeness (QED) is 0.464. The molecule has 3 aromatic rings. The number of aromatic hydroxyl groups is 1. The van der Waals surface area contributed by atoms with Crippen molar-refractivity contribution in [3.8, 4) is 22.6 Å². The van der Waals surface area contributed by atoms with E-state index < -0.39 is 6.03 Å². The first kappa shape index (κ1) is 21.2. The number of hydrogen-bond acceptors (Lipinski definition) is 5. The Hall–Kier alpha value is -3.48. The highest BCUT2D eigenvalue weighted by molar-refractivity contribution is 6.00. The van der Waals surface area contributed by atoms with Crippen LogP contribution in [0, 0.1) is 0 Å². The van der Waals surface area contributed by atoms with Gasteiger partial charge in [-0.1, -0.05) is 44.1 Å². The number of urea groups is 1. The van der Waals surface area contributed by atoms with Crippen LogP contribution in [-0.2, 0) is 5.41 Å². The molecular formula is C23H27N3O4. The molecule has 0 fully saturated rings. The number of hydrogen-bond donors (Lipinski definition) is 3. The molecule has 30 heavy (non-hydrogen) atoms. The van der Waals surface area contributed by atoms with Gasteiger partial charge in [0.1, 0.15) is 17.3 Å². The number of nitrogens with zero attached hydrogens (tertiary/aromatic N) is 1. The van der Waals surface area contributed by atoms with E-state index in [0.717, 1.165) is 16.9 Å². The maximum Gasteiger partial charge on any atom is 0.325 e. The number of nitrogens with one attached hydrogen (secondary N) is 2. The van der Waals surface area contributed by atoms with Crippen LogP contribution in [0.15, 0.2) is 53.1 Å². The first-order valence-corrected chi connectivity index (χ1v) is 9.77. The molecule has 3 rings (SSSR count). The van der Waals surface area contributed by atoms with Gasteiger partial charge in [0.15, 0.2) is 5.82 Å². The molecule has 0 aliphatic carbocycles. The van der Waals surface area contributed by atoms with Crippen LogP contribution in [0.5, 0.6) is 11.5 Å². The number of rotatable bonds is 5. The molecule has 2 aromatic carbocycles. The maximum absolute atomic E-state index is 12.2. The highest BCUT2D eigenvalue weighted by Crippen LogP contribution is 2.31. The molecule has 0 spiro atoms. The number of carbonyl (C=O) groups excluding carboxylic acids is 1. The van der Waals surface area contributed by atoms with Crippen molar-refractivity contribution < 1.29 is 19.2 Å². The first-order chi connectivity index (χ1) is 14.1. The summed E-state index contributed by atoms with van der Waals surface area (Å²) in [5.74, 6) is 1.71. The van der Waals surface area contributed by atoms with Crippen LogP contribution in [0.1, 0.15) is 40.4 Å². The van der Waals surface area contributed by atoms with E-state index in [1.165, 1.54) is 0 Å². The summed E-state index contributed by atoms with van der Waals surface area (Å²) >= 11 is 0. The average Bonchev–Trinajstić information content (AvgIpc) is 3.12. The third kappa shape index (κ3) is 5.31. The average molecular weight is 409 g/mol. The normalized spacial score (nSPS) is 11.4. The van der Waals surface area contributed by atoms with Crippen LogP contribution in [0.2, 0.25) is 0 Å². The topological polar surface area (TPSA) is 96.6 Å². The van der Waals surface area contributed by atoms with Gasteiger partial charge >= 0.3 is 6.03 Å². The van der Waals surface area contributed by atoms with Crippen molar-refractivity contribution in [2.24, 2.45) is 0 Å². The van der Waals surface area contributed by atoms with Crippen LogP contribution in [-0.4, -0.2) is 22.4 Å². The Kier molecular flexibility index (Phi) is 6.01. The monoisotopic (exact) mass is 409 g/mol. The maximum atomic E-state index is 12.2. The highest BCUT2D eigenvalue weighted by Gasteiger charge is 2.20. The van der Waals surface area contributed by atoms with Gasteiger partial charge in [-0.05, 0) is 49.2 Å². The predicted octanol–water partition coefficient (Wildman–Crippen LogP) is 5.78. The van der Waals surface area contributed by atoms with Gasteiger partial charge in [0.05, 0.1) is 11.8 Å². The van der Waals surface area contributed by atoms with Gasteiger partial charge < -0.3 is 19.7 Å². The Balaban J connectivity index is 1.66. The zero-order valence-electron chi connectivity index (χ0n) is 17.8. The van der Waals surface area contributed by atoms with Gasteiger partial charge in [0.25, 0.3) is 0 Å². The molecule has 158 valence electrons. The van der Waals surface area contributed by atoms with Crippen molar-refractivity contribution in [1.29, 1.82) is 0 Å². The first-order valence-electron chi connectivity index (χ1n) is 9.77. The van der Waals surface area contributed by atoms with E-state index in [4.69, 9.17) is 9.26 Å². The summed E-state index contributed by atoms with van der Waals surface area (Å²) in [4.78, 5) is 12.2. The fraction of sp³-hybridized carbons (Fsp3) is 0.304. The van der Waals surface area contributed by atoms with Crippen molar-refractivity contribution in [3.05, 3.63) is 54.3 Å². The van der Waals surface area contributed by atoms with E-state index >= 15 is 0 Å². The van der Waals surface area contributed by atoms with Crippen molar-refractivity contribution in [3.63, 3.8) is 0 Å². The van der Waals surface area contributed by atoms with E-state index in [0.29, 0.717) is 11.6 Å². The molecule has 2 amide bonds. The minimum Gasteiger partial charge on any atom is -0.506 e. The zero-order valence-corrected chi connectivity index (χ0v) is 17.8. The van der Waals surface area contributed by atoms with Crippen molar-refractivity contribution in [2.45, 2.75) is 46.1 Å². The van der Waals surface area contributed by atoms with Gasteiger partial charge in [-0.3, -0.25) is 5.32 Å². The molecule has 3 N–H and O–H groups in total. The van der Waals surface area contributed by atoms with Crippen molar-refractivity contribution >= 4 is 17.5 Å². The molecule has 0 bridgehead atoms. The minimum atomic E-state index is -0.526. The molecule has 7 heteroatoms. The summed E-state index contributed by atoms with van der Waals surface area (Å²) in [5.41, 5.74) is 1.82. The van der Waals surface area contributed by atoms with Gasteiger partial charge in [-0.2, -0.15) is 0 Å². The third-order valence-corrected chi connectivity index (χ3v) is 4.30. The molecule has 1 heterocycles. The second kappa shape index (κ2) is 8.49. The van der Waals surface area contributed by atoms with Crippen LogP contribution >= 0.6 is 0 Å². The number of aromatic nitrogens is 1. The third-order valence-electron chi connectivity index (χ3n) is 4.30. The number of phenols is 1. The smallest absolute Gasteiger partial charge is 0.325 e. The zero-order chi connectivity index (χ0) is 21.9. The molecular weight excluding hydrogens is 382 g/mol. The molecule has 7 nitrogen and oxygen atoms in total. The van der Waals surface area contributed by atoms with Crippen molar-refractivity contribution in [1.82, 2.24) is 5.16 Å². The number of amides is 2. The Labute approximate surface area is 176 Å². The minimum absolute atomic E-state index is 0.0410. The van der Waals surface area contributed by atoms with E-state index in [-0.39, 0.29) is 23.0 Å². The molecule has 0 aliphatic rings. The number of phenolic OH excluding ortho intramolecular Hbond substituents is 1. The molecule has 0 radical (unpaired) electrons. The van der Waals surface area contributed by atoms with Crippen molar-refractivity contribution in [2.75, 3.05) is 10.6 Å². The highest BCUT2D eigenvalue weighted by atomic mass is 16.5. The van der Waals surface area contributed by atoms with E-state index in [9.17, 15) is 9.90 Å². The largest absolute Gasteiger partial charge is 0.506 e.